The quantitative estimate of drug-likeness (QED) is 0.436. The molecule has 7 heteroatoms. The van der Waals surface area contributed by atoms with Gasteiger partial charge in [-0.3, -0.25) is 4.79 Å². The van der Waals surface area contributed by atoms with Crippen molar-refractivity contribution in [3.05, 3.63) is 94.6 Å². The number of para-hydroxylation sites is 1. The van der Waals surface area contributed by atoms with Gasteiger partial charge in [-0.1, -0.05) is 71.5 Å². The number of nitrogens with zero attached hydrogens (tertiary/aromatic N) is 3. The van der Waals surface area contributed by atoms with E-state index in [9.17, 15) is 9.90 Å². The lowest BCUT2D eigenvalue weighted by molar-refractivity contribution is -0.113. The summed E-state index contributed by atoms with van der Waals surface area (Å²) in [6.45, 7) is 0. The number of aliphatic imine (C=N–C) groups is 1. The van der Waals surface area contributed by atoms with E-state index < -0.39 is 0 Å². The number of fused-ring (bicyclic) bond motifs is 1. The standard InChI is InChI=1S/C23H14ClN3O2S/c24-16-10-11-20-17(13-16)26-23(30-20)27-21(14-6-2-1-3-7-14)25-18(22(27)29)12-15-8-4-5-9-19(15)28/h1-13,28H/b18-12-. The van der Waals surface area contributed by atoms with Gasteiger partial charge in [-0.15, -0.1) is 0 Å². The average molecular weight is 432 g/mol. The minimum absolute atomic E-state index is 0.0855. The summed E-state index contributed by atoms with van der Waals surface area (Å²) in [6.07, 6.45) is 1.59. The molecule has 0 saturated carbocycles. The minimum Gasteiger partial charge on any atom is -0.507 e. The first kappa shape index (κ1) is 18.5. The number of thiazole rings is 1. The molecule has 2 heterocycles. The second-order valence-corrected chi connectivity index (χ2v) is 8.08. The highest BCUT2D eigenvalue weighted by atomic mass is 35.5. The molecule has 146 valence electrons. The van der Waals surface area contributed by atoms with Crippen LogP contribution < -0.4 is 4.90 Å². The zero-order valence-electron chi connectivity index (χ0n) is 15.5. The van der Waals surface area contributed by atoms with Crippen LogP contribution in [-0.4, -0.2) is 21.8 Å². The van der Waals surface area contributed by atoms with E-state index in [0.29, 0.717) is 21.6 Å². The average Bonchev–Trinajstić information content (AvgIpc) is 3.30. The number of amides is 1. The molecule has 0 atom stereocenters. The van der Waals surface area contributed by atoms with Gasteiger partial charge in [0.15, 0.2) is 5.13 Å². The number of carbonyl (C=O) groups is 1. The zero-order valence-corrected chi connectivity index (χ0v) is 17.1. The third-order valence-corrected chi connectivity index (χ3v) is 5.91. The molecular weight excluding hydrogens is 418 g/mol. The van der Waals surface area contributed by atoms with E-state index in [4.69, 9.17) is 11.6 Å². The van der Waals surface area contributed by atoms with Crippen molar-refractivity contribution in [1.29, 1.82) is 0 Å². The Bertz CT molecular complexity index is 1350. The van der Waals surface area contributed by atoms with E-state index in [0.717, 1.165) is 15.8 Å². The minimum atomic E-state index is -0.303. The van der Waals surface area contributed by atoms with Crippen molar-refractivity contribution in [1.82, 2.24) is 4.98 Å². The van der Waals surface area contributed by atoms with Gasteiger partial charge >= 0.3 is 0 Å². The summed E-state index contributed by atoms with van der Waals surface area (Å²) < 4.78 is 0.924. The normalized spacial score (nSPS) is 15.2. The predicted molar refractivity (Wildman–Crippen MR) is 121 cm³/mol. The Morgan fingerprint density at radius 3 is 2.57 bits per heavy atom. The molecule has 0 bridgehead atoms. The molecule has 0 unspecified atom stereocenters. The summed E-state index contributed by atoms with van der Waals surface area (Å²) in [7, 11) is 0. The summed E-state index contributed by atoms with van der Waals surface area (Å²) in [5.74, 6) is 0.275. The molecule has 1 aliphatic heterocycles. The van der Waals surface area contributed by atoms with E-state index in [1.165, 1.54) is 16.2 Å². The highest BCUT2D eigenvalue weighted by molar-refractivity contribution is 7.22. The lowest BCUT2D eigenvalue weighted by atomic mass is 10.1. The smallest absolute Gasteiger partial charge is 0.284 e. The van der Waals surface area contributed by atoms with E-state index in [2.05, 4.69) is 9.98 Å². The summed E-state index contributed by atoms with van der Waals surface area (Å²) in [5.41, 5.74) is 2.27. The van der Waals surface area contributed by atoms with Crippen molar-refractivity contribution in [2.75, 3.05) is 4.90 Å². The van der Waals surface area contributed by atoms with Gasteiger partial charge in [0.05, 0.1) is 10.2 Å². The summed E-state index contributed by atoms with van der Waals surface area (Å²) in [6, 6.07) is 21.8. The fourth-order valence-corrected chi connectivity index (χ4v) is 4.33. The van der Waals surface area contributed by atoms with E-state index >= 15 is 0 Å². The van der Waals surface area contributed by atoms with Crippen molar-refractivity contribution in [2.24, 2.45) is 4.99 Å². The highest BCUT2D eigenvalue weighted by Gasteiger charge is 2.34. The Labute approximate surface area is 181 Å². The van der Waals surface area contributed by atoms with Crippen molar-refractivity contribution in [3.63, 3.8) is 0 Å². The van der Waals surface area contributed by atoms with Gasteiger partial charge in [-0.2, -0.15) is 0 Å². The van der Waals surface area contributed by atoms with Crippen LogP contribution in [0.2, 0.25) is 5.02 Å². The van der Waals surface area contributed by atoms with Crippen LogP contribution in [0.3, 0.4) is 0 Å². The number of hydrogen-bond donors (Lipinski definition) is 1. The molecule has 0 radical (unpaired) electrons. The number of aromatic hydroxyl groups is 1. The molecule has 1 aliphatic rings. The summed E-state index contributed by atoms with van der Waals surface area (Å²) in [4.78, 5) is 24.1. The van der Waals surface area contributed by atoms with Crippen LogP contribution >= 0.6 is 22.9 Å². The van der Waals surface area contributed by atoms with Crippen LogP contribution in [0.5, 0.6) is 5.75 Å². The third-order valence-electron chi connectivity index (χ3n) is 4.65. The monoisotopic (exact) mass is 431 g/mol. The number of benzene rings is 3. The Hall–Kier alpha value is -3.48. The molecule has 5 rings (SSSR count). The number of carbonyl (C=O) groups excluding carboxylic acids is 1. The lowest BCUT2D eigenvalue weighted by Gasteiger charge is -2.14. The molecule has 5 nitrogen and oxygen atoms in total. The second kappa shape index (κ2) is 7.40. The molecule has 4 aromatic rings. The lowest BCUT2D eigenvalue weighted by Crippen LogP contribution is -2.32. The van der Waals surface area contributed by atoms with Crippen LogP contribution in [0.1, 0.15) is 11.1 Å². The SMILES string of the molecule is O=C1/C(=C/c2ccccc2O)N=C(c2ccccc2)N1c1nc2cc(Cl)ccc2s1. The molecule has 0 fully saturated rings. The Morgan fingerprint density at radius 1 is 1.00 bits per heavy atom. The third kappa shape index (κ3) is 3.26. The highest BCUT2D eigenvalue weighted by Crippen LogP contribution is 2.35. The fourth-order valence-electron chi connectivity index (χ4n) is 3.22. The molecule has 1 aromatic heterocycles. The molecule has 30 heavy (non-hydrogen) atoms. The molecule has 3 aromatic carbocycles. The number of aromatic nitrogens is 1. The maximum Gasteiger partial charge on any atom is 0.284 e. The molecule has 0 saturated heterocycles. The van der Waals surface area contributed by atoms with Crippen molar-refractivity contribution in [3.8, 4) is 5.75 Å². The number of rotatable bonds is 3. The van der Waals surface area contributed by atoms with Crippen molar-refractivity contribution < 1.29 is 9.90 Å². The van der Waals surface area contributed by atoms with Crippen LogP contribution in [0.15, 0.2) is 83.5 Å². The van der Waals surface area contributed by atoms with Gasteiger partial charge in [-0.25, -0.2) is 14.9 Å². The first-order valence-corrected chi connectivity index (χ1v) is 10.3. The van der Waals surface area contributed by atoms with Gasteiger partial charge in [-0.05, 0) is 30.3 Å². The van der Waals surface area contributed by atoms with E-state index in [1.807, 2.05) is 36.4 Å². The van der Waals surface area contributed by atoms with Gasteiger partial charge in [0.2, 0.25) is 0 Å². The zero-order chi connectivity index (χ0) is 20.7. The topological polar surface area (TPSA) is 65.8 Å². The first-order valence-electron chi connectivity index (χ1n) is 9.14. The number of anilines is 1. The van der Waals surface area contributed by atoms with Crippen LogP contribution in [-0.2, 0) is 4.79 Å². The Morgan fingerprint density at radius 2 is 1.77 bits per heavy atom. The number of amidine groups is 1. The summed E-state index contributed by atoms with van der Waals surface area (Å²) in [5, 5.41) is 11.2. The maximum atomic E-state index is 13.4. The molecular formula is C23H14ClN3O2S. The fraction of sp³-hybridized carbons (Fsp3) is 0. The van der Waals surface area contributed by atoms with Crippen LogP contribution in [0.25, 0.3) is 16.3 Å². The van der Waals surface area contributed by atoms with Gasteiger partial charge in [0, 0.05) is 16.1 Å². The molecule has 0 spiro atoms. The van der Waals surface area contributed by atoms with Gasteiger partial charge in [0.1, 0.15) is 17.3 Å². The number of halogens is 1. The predicted octanol–water partition coefficient (Wildman–Crippen LogP) is 5.49. The van der Waals surface area contributed by atoms with Crippen LogP contribution in [0.4, 0.5) is 5.13 Å². The molecule has 0 aliphatic carbocycles. The number of hydrogen-bond acceptors (Lipinski definition) is 5. The maximum absolute atomic E-state index is 13.4. The molecule has 1 amide bonds. The van der Waals surface area contributed by atoms with Crippen molar-refractivity contribution in [2.45, 2.75) is 0 Å². The molecule has 1 N–H and O–H groups in total. The van der Waals surface area contributed by atoms with E-state index in [-0.39, 0.29) is 17.4 Å². The van der Waals surface area contributed by atoms with Crippen LogP contribution in [0, 0.1) is 0 Å². The van der Waals surface area contributed by atoms with Crippen molar-refractivity contribution >= 4 is 56.1 Å². The van der Waals surface area contributed by atoms with Gasteiger partial charge < -0.3 is 5.11 Å². The number of phenols is 1. The second-order valence-electron chi connectivity index (χ2n) is 6.64. The van der Waals surface area contributed by atoms with E-state index in [1.54, 1.807) is 42.5 Å². The number of phenolic OH excluding ortho intramolecular Hbond substituents is 1. The van der Waals surface area contributed by atoms with Gasteiger partial charge in [0.25, 0.3) is 5.91 Å². The summed E-state index contributed by atoms with van der Waals surface area (Å²) >= 11 is 7.49. The Balaban J connectivity index is 1.66. The largest absolute Gasteiger partial charge is 0.507 e. The first-order chi connectivity index (χ1) is 14.6. The Kier molecular flexibility index (Phi) is 4.58.